The van der Waals surface area contributed by atoms with Crippen LogP contribution in [0.3, 0.4) is 0 Å². The predicted molar refractivity (Wildman–Crippen MR) is 71.4 cm³/mol. The van der Waals surface area contributed by atoms with Crippen molar-refractivity contribution in [1.29, 1.82) is 0 Å². The second-order valence-electron chi connectivity index (χ2n) is 4.75. The maximum absolute atomic E-state index is 3.46. The molecule has 1 aliphatic rings. The molecule has 2 heteroatoms. The summed E-state index contributed by atoms with van der Waals surface area (Å²) in [5.41, 5.74) is 4.16. The Morgan fingerprint density at radius 3 is 2.88 bits per heavy atom. The second-order valence-corrected chi connectivity index (χ2v) is 4.75. The van der Waals surface area contributed by atoms with Gasteiger partial charge in [-0.25, -0.2) is 0 Å². The summed E-state index contributed by atoms with van der Waals surface area (Å²) in [4.78, 5) is 2.44. The Kier molecular flexibility index (Phi) is 3.37. The van der Waals surface area contributed by atoms with Gasteiger partial charge in [0, 0.05) is 30.5 Å². The topological polar surface area (TPSA) is 15.3 Å². The molecule has 1 N–H and O–H groups in total. The largest absolute Gasteiger partial charge is 0.385 e. The Bertz CT molecular complexity index is 358. The third-order valence-electron chi connectivity index (χ3n) is 3.32. The van der Waals surface area contributed by atoms with Gasteiger partial charge in [-0.1, -0.05) is 0 Å². The molecular weight excluding hydrogens is 196 g/mol. The van der Waals surface area contributed by atoms with E-state index in [1.165, 1.54) is 29.8 Å². The SMILES string of the molecule is CCN(c1ccc2c(c1)CCCN2)C(C)C. The van der Waals surface area contributed by atoms with E-state index in [0.29, 0.717) is 6.04 Å². The highest BCUT2D eigenvalue weighted by molar-refractivity contribution is 5.62. The number of nitrogens with zero attached hydrogens (tertiary/aromatic N) is 1. The third-order valence-corrected chi connectivity index (χ3v) is 3.32. The average molecular weight is 218 g/mol. The average Bonchev–Trinajstić information content (AvgIpc) is 2.29. The molecule has 1 aromatic rings. The second kappa shape index (κ2) is 4.77. The van der Waals surface area contributed by atoms with Crippen LogP contribution in [-0.2, 0) is 6.42 Å². The van der Waals surface area contributed by atoms with E-state index in [2.05, 4.69) is 49.2 Å². The van der Waals surface area contributed by atoms with Crippen molar-refractivity contribution in [3.63, 3.8) is 0 Å². The number of hydrogen-bond acceptors (Lipinski definition) is 2. The lowest BCUT2D eigenvalue weighted by atomic mass is 10.0. The molecule has 1 heterocycles. The van der Waals surface area contributed by atoms with E-state index in [1.54, 1.807) is 0 Å². The molecule has 0 aromatic heterocycles. The Morgan fingerprint density at radius 1 is 1.38 bits per heavy atom. The van der Waals surface area contributed by atoms with Gasteiger partial charge in [-0.2, -0.15) is 0 Å². The van der Waals surface area contributed by atoms with Crippen molar-refractivity contribution in [1.82, 2.24) is 0 Å². The normalized spacial score (nSPS) is 14.5. The molecule has 0 atom stereocenters. The van der Waals surface area contributed by atoms with Crippen LogP contribution in [-0.4, -0.2) is 19.1 Å². The number of benzene rings is 1. The molecule has 0 spiro atoms. The maximum atomic E-state index is 3.46. The summed E-state index contributed by atoms with van der Waals surface area (Å²) in [5.74, 6) is 0. The fraction of sp³-hybridized carbons (Fsp3) is 0.571. The smallest absolute Gasteiger partial charge is 0.0374 e. The van der Waals surface area contributed by atoms with Crippen LogP contribution >= 0.6 is 0 Å². The van der Waals surface area contributed by atoms with Crippen molar-refractivity contribution in [2.75, 3.05) is 23.3 Å². The lowest BCUT2D eigenvalue weighted by molar-refractivity contribution is 0.702. The predicted octanol–water partition coefficient (Wildman–Crippen LogP) is 3.28. The first kappa shape index (κ1) is 11.3. The highest BCUT2D eigenvalue weighted by atomic mass is 15.1. The summed E-state index contributed by atoms with van der Waals surface area (Å²) in [6.07, 6.45) is 2.47. The van der Waals surface area contributed by atoms with Gasteiger partial charge in [0.2, 0.25) is 0 Å². The Hall–Kier alpha value is -1.18. The zero-order valence-electron chi connectivity index (χ0n) is 10.6. The minimum absolute atomic E-state index is 0.569. The molecule has 0 saturated carbocycles. The van der Waals surface area contributed by atoms with E-state index in [1.807, 2.05) is 0 Å². The zero-order chi connectivity index (χ0) is 11.5. The van der Waals surface area contributed by atoms with Gasteiger partial charge < -0.3 is 10.2 Å². The molecular formula is C14H22N2. The van der Waals surface area contributed by atoms with Crippen molar-refractivity contribution in [3.8, 4) is 0 Å². The van der Waals surface area contributed by atoms with Gasteiger partial charge in [-0.05, 0) is 57.4 Å². The number of nitrogens with one attached hydrogen (secondary N) is 1. The number of hydrogen-bond donors (Lipinski definition) is 1. The standard InChI is InChI=1S/C14H22N2/c1-4-16(11(2)3)13-7-8-14-12(10-13)6-5-9-15-14/h7-8,10-11,15H,4-6,9H2,1-3H3. The molecule has 0 radical (unpaired) electrons. The zero-order valence-corrected chi connectivity index (χ0v) is 10.6. The van der Waals surface area contributed by atoms with E-state index in [0.717, 1.165) is 13.1 Å². The summed E-state index contributed by atoms with van der Waals surface area (Å²) in [7, 11) is 0. The van der Waals surface area contributed by atoms with E-state index >= 15 is 0 Å². The number of rotatable bonds is 3. The number of fused-ring (bicyclic) bond motifs is 1. The molecule has 0 amide bonds. The highest BCUT2D eigenvalue weighted by Crippen LogP contribution is 2.27. The van der Waals surface area contributed by atoms with Crippen LogP contribution in [0.25, 0.3) is 0 Å². The molecule has 0 bridgehead atoms. The first-order valence-electron chi connectivity index (χ1n) is 6.35. The highest BCUT2D eigenvalue weighted by Gasteiger charge is 2.13. The molecule has 2 rings (SSSR count). The Labute approximate surface area is 98.7 Å². The van der Waals surface area contributed by atoms with Gasteiger partial charge in [-0.15, -0.1) is 0 Å². The number of anilines is 2. The first-order chi connectivity index (χ1) is 7.72. The summed E-state index contributed by atoms with van der Waals surface area (Å²) >= 11 is 0. The Balaban J connectivity index is 2.28. The van der Waals surface area contributed by atoms with E-state index in [9.17, 15) is 0 Å². The van der Waals surface area contributed by atoms with Crippen LogP contribution in [0, 0.1) is 0 Å². The van der Waals surface area contributed by atoms with E-state index in [-0.39, 0.29) is 0 Å². The van der Waals surface area contributed by atoms with Crippen LogP contribution in [0.15, 0.2) is 18.2 Å². The van der Waals surface area contributed by atoms with Crippen LogP contribution < -0.4 is 10.2 Å². The van der Waals surface area contributed by atoms with Gasteiger partial charge in [0.1, 0.15) is 0 Å². The molecule has 1 aliphatic heterocycles. The lowest BCUT2D eigenvalue weighted by Gasteiger charge is -2.29. The summed E-state index contributed by atoms with van der Waals surface area (Å²) in [6.45, 7) is 8.91. The van der Waals surface area contributed by atoms with Crippen LogP contribution in [0.4, 0.5) is 11.4 Å². The molecule has 0 unspecified atom stereocenters. The van der Waals surface area contributed by atoms with E-state index < -0.39 is 0 Å². The summed E-state index contributed by atoms with van der Waals surface area (Å²) in [5, 5.41) is 3.46. The molecule has 0 saturated heterocycles. The monoisotopic (exact) mass is 218 g/mol. The first-order valence-corrected chi connectivity index (χ1v) is 6.35. The fourth-order valence-electron chi connectivity index (χ4n) is 2.49. The van der Waals surface area contributed by atoms with Gasteiger partial charge in [0.05, 0.1) is 0 Å². The van der Waals surface area contributed by atoms with Gasteiger partial charge >= 0.3 is 0 Å². The minimum Gasteiger partial charge on any atom is -0.385 e. The van der Waals surface area contributed by atoms with Crippen molar-refractivity contribution in [2.24, 2.45) is 0 Å². The van der Waals surface area contributed by atoms with Crippen LogP contribution in [0.1, 0.15) is 32.8 Å². The summed E-state index contributed by atoms with van der Waals surface area (Å²) in [6, 6.07) is 7.39. The van der Waals surface area contributed by atoms with Gasteiger partial charge in [0.25, 0.3) is 0 Å². The molecule has 0 fully saturated rings. The quantitative estimate of drug-likeness (QED) is 0.837. The molecule has 2 nitrogen and oxygen atoms in total. The minimum atomic E-state index is 0.569. The van der Waals surface area contributed by atoms with Crippen LogP contribution in [0.5, 0.6) is 0 Å². The van der Waals surface area contributed by atoms with Crippen molar-refractivity contribution in [2.45, 2.75) is 39.7 Å². The third kappa shape index (κ3) is 2.16. The van der Waals surface area contributed by atoms with Crippen molar-refractivity contribution >= 4 is 11.4 Å². The van der Waals surface area contributed by atoms with Gasteiger partial charge in [-0.3, -0.25) is 0 Å². The summed E-state index contributed by atoms with van der Waals surface area (Å²) < 4.78 is 0. The molecule has 88 valence electrons. The van der Waals surface area contributed by atoms with Crippen LogP contribution in [0.2, 0.25) is 0 Å². The fourth-order valence-corrected chi connectivity index (χ4v) is 2.49. The molecule has 1 aromatic carbocycles. The van der Waals surface area contributed by atoms with Crippen molar-refractivity contribution in [3.05, 3.63) is 23.8 Å². The maximum Gasteiger partial charge on any atom is 0.0374 e. The lowest BCUT2D eigenvalue weighted by Crippen LogP contribution is -2.30. The molecule has 0 aliphatic carbocycles. The van der Waals surface area contributed by atoms with E-state index in [4.69, 9.17) is 0 Å². The Morgan fingerprint density at radius 2 is 2.19 bits per heavy atom. The number of aryl methyl sites for hydroxylation is 1. The molecule has 16 heavy (non-hydrogen) atoms. The van der Waals surface area contributed by atoms with Gasteiger partial charge in [0.15, 0.2) is 0 Å². The van der Waals surface area contributed by atoms with Crippen molar-refractivity contribution < 1.29 is 0 Å².